The van der Waals surface area contributed by atoms with Gasteiger partial charge in [-0.15, -0.1) is 11.3 Å². The number of halogens is 1. The molecule has 0 aliphatic carbocycles. The monoisotopic (exact) mass is 506 g/mol. The van der Waals surface area contributed by atoms with Gasteiger partial charge in [0, 0.05) is 43.6 Å². The van der Waals surface area contributed by atoms with Crippen molar-refractivity contribution in [2.24, 2.45) is 0 Å². The van der Waals surface area contributed by atoms with Gasteiger partial charge in [0.2, 0.25) is 5.91 Å². The zero-order valence-electron chi connectivity index (χ0n) is 20.4. The highest BCUT2D eigenvalue weighted by atomic mass is 32.1. The van der Waals surface area contributed by atoms with E-state index < -0.39 is 0 Å². The van der Waals surface area contributed by atoms with Crippen LogP contribution in [-0.2, 0) is 17.8 Å². The van der Waals surface area contributed by atoms with Gasteiger partial charge in [-0.1, -0.05) is 42.5 Å². The number of thiophene rings is 1. The van der Waals surface area contributed by atoms with E-state index in [0.717, 1.165) is 29.7 Å². The van der Waals surface area contributed by atoms with Crippen molar-refractivity contribution in [1.82, 2.24) is 20.0 Å². The van der Waals surface area contributed by atoms with Crippen molar-refractivity contribution in [3.63, 3.8) is 0 Å². The molecule has 0 spiro atoms. The molecule has 36 heavy (non-hydrogen) atoms. The Hall–Kier alpha value is -3.23. The van der Waals surface area contributed by atoms with Crippen molar-refractivity contribution in [3.05, 3.63) is 93.4 Å². The summed E-state index contributed by atoms with van der Waals surface area (Å²) in [5, 5.41) is 5.07. The molecule has 2 atom stereocenters. The summed E-state index contributed by atoms with van der Waals surface area (Å²) >= 11 is 1.72. The number of rotatable bonds is 5. The van der Waals surface area contributed by atoms with Crippen LogP contribution < -0.4 is 5.32 Å². The minimum absolute atomic E-state index is 0.0475. The Morgan fingerprint density at radius 1 is 1.06 bits per heavy atom. The molecule has 1 saturated heterocycles. The molecule has 2 aromatic carbocycles. The Kier molecular flexibility index (Phi) is 7.34. The molecule has 3 amide bonds. The maximum absolute atomic E-state index is 14.1. The number of amides is 3. The number of urea groups is 1. The van der Waals surface area contributed by atoms with Gasteiger partial charge < -0.3 is 15.1 Å². The fourth-order valence-electron chi connectivity index (χ4n) is 5.24. The number of nitrogens with zero attached hydrogens (tertiary/aromatic N) is 3. The number of benzene rings is 2. The van der Waals surface area contributed by atoms with Crippen LogP contribution in [0.2, 0.25) is 0 Å². The smallest absolute Gasteiger partial charge is 0.318 e. The average Bonchev–Trinajstić information content (AvgIpc) is 3.36. The summed E-state index contributed by atoms with van der Waals surface area (Å²) < 4.78 is 14.1. The largest absolute Gasteiger partial charge is 0.338 e. The first-order valence-electron chi connectivity index (χ1n) is 12.4. The molecular weight excluding hydrogens is 475 g/mol. The van der Waals surface area contributed by atoms with Gasteiger partial charge in [0.05, 0.1) is 12.6 Å². The van der Waals surface area contributed by atoms with Crippen LogP contribution in [0.25, 0.3) is 0 Å². The molecule has 6 nitrogen and oxygen atoms in total. The van der Waals surface area contributed by atoms with Gasteiger partial charge >= 0.3 is 6.03 Å². The first-order valence-corrected chi connectivity index (χ1v) is 13.3. The van der Waals surface area contributed by atoms with Gasteiger partial charge in [0.15, 0.2) is 0 Å². The molecule has 3 heterocycles. The maximum Gasteiger partial charge on any atom is 0.318 e. The van der Waals surface area contributed by atoms with E-state index in [1.54, 1.807) is 28.4 Å². The summed E-state index contributed by atoms with van der Waals surface area (Å²) in [6.45, 7) is 4.97. The van der Waals surface area contributed by atoms with E-state index in [0.29, 0.717) is 26.2 Å². The van der Waals surface area contributed by atoms with Gasteiger partial charge in [-0.3, -0.25) is 9.69 Å². The zero-order valence-corrected chi connectivity index (χ0v) is 21.2. The number of fused-ring (bicyclic) bond motifs is 1. The number of hydrogen-bond acceptors (Lipinski definition) is 4. The van der Waals surface area contributed by atoms with Gasteiger partial charge in [0.1, 0.15) is 5.82 Å². The summed E-state index contributed by atoms with van der Waals surface area (Å²) in [5.74, 6) is -0.220. The molecule has 1 N–H and O–H groups in total. The number of carbonyl (C=O) groups excluding carboxylic acids is 2. The van der Waals surface area contributed by atoms with E-state index in [2.05, 4.69) is 21.7 Å². The lowest BCUT2D eigenvalue weighted by molar-refractivity contribution is -0.135. The molecule has 3 aromatic rings. The standard InChI is InChI=1S/C28H31FN4O2S/c1-20-18-31(13-14-33(20)28(35)30-17-21-6-3-2-4-7-21)26(34)19-32-12-10-25-24(11-15-36-25)27(32)22-8-5-9-23(29)16-22/h2-9,11,15-16,20,27H,10,12-14,17-19H2,1H3,(H,30,35). The second-order valence-corrected chi connectivity index (χ2v) is 10.5. The Bertz CT molecular complexity index is 1220. The van der Waals surface area contributed by atoms with Crippen LogP contribution in [0.4, 0.5) is 9.18 Å². The second kappa shape index (κ2) is 10.8. The van der Waals surface area contributed by atoms with E-state index in [-0.39, 0.29) is 36.4 Å². The number of nitrogens with one attached hydrogen (secondary N) is 1. The molecule has 8 heteroatoms. The quantitative estimate of drug-likeness (QED) is 0.562. The van der Waals surface area contributed by atoms with Crippen LogP contribution >= 0.6 is 11.3 Å². The Labute approximate surface area is 215 Å². The molecule has 1 aromatic heterocycles. The van der Waals surface area contributed by atoms with Crippen LogP contribution in [0, 0.1) is 5.82 Å². The Morgan fingerprint density at radius 3 is 2.67 bits per heavy atom. The fraction of sp³-hybridized carbons (Fsp3) is 0.357. The lowest BCUT2D eigenvalue weighted by atomic mass is 9.93. The molecule has 5 rings (SSSR count). The van der Waals surface area contributed by atoms with Crippen molar-refractivity contribution in [3.8, 4) is 0 Å². The van der Waals surface area contributed by atoms with Crippen molar-refractivity contribution in [2.75, 3.05) is 32.7 Å². The first kappa shape index (κ1) is 24.5. The highest BCUT2D eigenvalue weighted by molar-refractivity contribution is 7.10. The summed E-state index contributed by atoms with van der Waals surface area (Å²) in [6, 6.07) is 18.3. The molecule has 2 aliphatic heterocycles. The van der Waals surface area contributed by atoms with E-state index in [4.69, 9.17) is 0 Å². The topological polar surface area (TPSA) is 55.9 Å². The van der Waals surface area contributed by atoms with Crippen LogP contribution in [0.1, 0.15) is 34.5 Å². The van der Waals surface area contributed by atoms with E-state index in [1.807, 2.05) is 48.2 Å². The van der Waals surface area contributed by atoms with Crippen molar-refractivity contribution < 1.29 is 14.0 Å². The third kappa shape index (κ3) is 5.29. The van der Waals surface area contributed by atoms with Gasteiger partial charge in [0.25, 0.3) is 0 Å². The van der Waals surface area contributed by atoms with Crippen molar-refractivity contribution in [1.29, 1.82) is 0 Å². The van der Waals surface area contributed by atoms with E-state index in [1.165, 1.54) is 10.9 Å². The van der Waals surface area contributed by atoms with Crippen LogP contribution in [0.15, 0.2) is 66.0 Å². The number of carbonyl (C=O) groups is 2. The molecule has 2 aliphatic rings. The lowest BCUT2D eigenvalue weighted by Gasteiger charge is -2.41. The SMILES string of the molecule is CC1CN(C(=O)CN2CCc3sccc3C2c2cccc(F)c2)CCN1C(=O)NCc1ccccc1. The Balaban J connectivity index is 1.21. The maximum atomic E-state index is 14.1. The molecule has 0 saturated carbocycles. The highest BCUT2D eigenvalue weighted by Gasteiger charge is 2.34. The van der Waals surface area contributed by atoms with Crippen LogP contribution in [0.3, 0.4) is 0 Å². The normalized spacial score (nSPS) is 20.2. The van der Waals surface area contributed by atoms with E-state index >= 15 is 0 Å². The molecule has 1 fully saturated rings. The second-order valence-electron chi connectivity index (χ2n) is 9.50. The minimum Gasteiger partial charge on any atom is -0.338 e. The average molecular weight is 507 g/mol. The predicted octanol–water partition coefficient (Wildman–Crippen LogP) is 4.28. The van der Waals surface area contributed by atoms with E-state index in [9.17, 15) is 14.0 Å². The molecule has 2 unspecified atom stereocenters. The minimum atomic E-state index is -0.267. The van der Waals surface area contributed by atoms with Crippen LogP contribution in [-0.4, -0.2) is 65.4 Å². The third-order valence-corrected chi connectivity index (χ3v) is 8.09. The molecular formula is C28H31FN4O2S. The summed E-state index contributed by atoms with van der Waals surface area (Å²) in [7, 11) is 0. The fourth-order valence-corrected chi connectivity index (χ4v) is 6.14. The summed E-state index contributed by atoms with van der Waals surface area (Å²) in [4.78, 5) is 33.3. The highest BCUT2D eigenvalue weighted by Crippen LogP contribution is 2.37. The molecule has 0 radical (unpaired) electrons. The van der Waals surface area contributed by atoms with Gasteiger partial charge in [-0.2, -0.15) is 0 Å². The first-order chi connectivity index (χ1) is 17.5. The summed E-state index contributed by atoms with van der Waals surface area (Å²) in [6.07, 6.45) is 0.887. The zero-order chi connectivity index (χ0) is 25.1. The van der Waals surface area contributed by atoms with Crippen molar-refractivity contribution in [2.45, 2.75) is 32.0 Å². The number of hydrogen-bond donors (Lipinski definition) is 1. The van der Waals surface area contributed by atoms with Crippen molar-refractivity contribution >= 4 is 23.3 Å². The third-order valence-electron chi connectivity index (χ3n) is 7.10. The van der Waals surface area contributed by atoms with Gasteiger partial charge in [-0.05, 0) is 53.6 Å². The predicted molar refractivity (Wildman–Crippen MR) is 139 cm³/mol. The molecule has 0 bridgehead atoms. The molecule has 188 valence electrons. The van der Waals surface area contributed by atoms with Gasteiger partial charge in [-0.25, -0.2) is 9.18 Å². The Morgan fingerprint density at radius 2 is 1.89 bits per heavy atom. The summed E-state index contributed by atoms with van der Waals surface area (Å²) in [5.41, 5.74) is 3.09. The lowest BCUT2D eigenvalue weighted by Crippen LogP contribution is -2.58. The van der Waals surface area contributed by atoms with Crippen LogP contribution in [0.5, 0.6) is 0 Å². The number of piperazine rings is 1.